The van der Waals surface area contributed by atoms with Crippen LogP contribution in [0.4, 0.5) is 5.69 Å². The van der Waals surface area contributed by atoms with Crippen LogP contribution in [0.3, 0.4) is 0 Å². The first-order valence-corrected chi connectivity index (χ1v) is 6.58. The molecular formula is C15H12ClNO2. The zero-order valence-corrected chi connectivity index (χ0v) is 10.9. The van der Waals surface area contributed by atoms with Crippen molar-refractivity contribution in [3.05, 3.63) is 42.5 Å². The van der Waals surface area contributed by atoms with E-state index in [9.17, 15) is 4.79 Å². The van der Waals surface area contributed by atoms with Gasteiger partial charge in [0.25, 0.3) is 0 Å². The molecule has 2 aromatic carbocycles. The number of rotatable bonds is 3. The molecule has 3 rings (SSSR count). The van der Waals surface area contributed by atoms with Crippen molar-refractivity contribution in [2.45, 2.75) is 6.42 Å². The van der Waals surface area contributed by atoms with Gasteiger partial charge < -0.3 is 9.73 Å². The molecule has 1 amide bonds. The topological polar surface area (TPSA) is 42.2 Å². The van der Waals surface area contributed by atoms with Crippen molar-refractivity contribution in [3.8, 4) is 0 Å². The molecular weight excluding hydrogens is 262 g/mol. The number of hydrogen-bond donors (Lipinski definition) is 1. The minimum atomic E-state index is -0.0922. The lowest BCUT2D eigenvalue weighted by Gasteiger charge is -2.03. The molecule has 0 fully saturated rings. The molecule has 1 N–H and O–H groups in total. The van der Waals surface area contributed by atoms with Gasteiger partial charge in [-0.05, 0) is 18.2 Å². The Hall–Kier alpha value is -2.00. The van der Waals surface area contributed by atoms with Crippen molar-refractivity contribution in [3.63, 3.8) is 0 Å². The number of nitrogens with one attached hydrogen (secondary N) is 1. The molecule has 0 spiro atoms. The Balaban J connectivity index is 2.01. The van der Waals surface area contributed by atoms with Crippen LogP contribution < -0.4 is 5.32 Å². The highest BCUT2D eigenvalue weighted by Gasteiger charge is 2.08. The molecule has 0 atom stereocenters. The largest absolute Gasteiger partial charge is 0.456 e. The molecule has 0 saturated carbocycles. The second kappa shape index (κ2) is 4.94. The second-order valence-corrected chi connectivity index (χ2v) is 4.67. The van der Waals surface area contributed by atoms with Crippen molar-refractivity contribution >= 4 is 45.1 Å². The fourth-order valence-electron chi connectivity index (χ4n) is 2.11. The second-order valence-electron chi connectivity index (χ2n) is 4.30. The highest BCUT2D eigenvalue weighted by Crippen LogP contribution is 2.30. The van der Waals surface area contributed by atoms with Gasteiger partial charge in [-0.3, -0.25) is 4.79 Å². The van der Waals surface area contributed by atoms with E-state index < -0.39 is 0 Å². The summed E-state index contributed by atoms with van der Waals surface area (Å²) in [5, 5.41) is 4.92. The Morgan fingerprint density at radius 2 is 1.89 bits per heavy atom. The van der Waals surface area contributed by atoms with Crippen molar-refractivity contribution < 1.29 is 9.21 Å². The molecule has 1 aromatic heterocycles. The van der Waals surface area contributed by atoms with Crippen LogP contribution in [0.2, 0.25) is 0 Å². The van der Waals surface area contributed by atoms with Gasteiger partial charge in [-0.2, -0.15) is 0 Å². The minimum Gasteiger partial charge on any atom is -0.456 e. The molecule has 0 aliphatic rings. The third kappa shape index (κ3) is 2.29. The number of benzene rings is 2. The maximum atomic E-state index is 11.5. The monoisotopic (exact) mass is 273 g/mol. The maximum Gasteiger partial charge on any atom is 0.225 e. The van der Waals surface area contributed by atoms with Crippen LogP contribution in [-0.4, -0.2) is 11.8 Å². The number of para-hydroxylation sites is 1. The fraction of sp³-hybridized carbons (Fsp3) is 0.133. The van der Waals surface area contributed by atoms with Crippen LogP contribution >= 0.6 is 11.6 Å². The van der Waals surface area contributed by atoms with Gasteiger partial charge in [0.2, 0.25) is 5.91 Å². The number of carbonyl (C=O) groups excluding carboxylic acids is 1. The van der Waals surface area contributed by atoms with E-state index in [2.05, 4.69) is 5.32 Å². The third-order valence-electron chi connectivity index (χ3n) is 2.98. The lowest BCUT2D eigenvalue weighted by molar-refractivity contribution is -0.115. The SMILES string of the molecule is O=C(CCCl)Nc1ccc2c(c1)oc1ccccc12. The normalized spacial score (nSPS) is 11.0. The lowest BCUT2D eigenvalue weighted by Crippen LogP contribution is -2.11. The fourth-order valence-corrected chi connectivity index (χ4v) is 2.28. The quantitative estimate of drug-likeness (QED) is 0.728. The third-order valence-corrected chi connectivity index (χ3v) is 3.17. The first kappa shape index (κ1) is 12.1. The molecule has 4 heteroatoms. The Kier molecular flexibility index (Phi) is 3.13. The van der Waals surface area contributed by atoms with E-state index in [4.69, 9.17) is 16.0 Å². The van der Waals surface area contributed by atoms with Gasteiger partial charge in [-0.25, -0.2) is 0 Å². The average molecular weight is 274 g/mol. The standard InChI is InChI=1S/C15H12ClNO2/c16-8-7-15(18)17-10-5-6-12-11-3-1-2-4-13(11)19-14(12)9-10/h1-6,9H,7-8H2,(H,17,18). The number of furan rings is 1. The molecule has 0 unspecified atom stereocenters. The van der Waals surface area contributed by atoms with Crippen molar-refractivity contribution in [1.82, 2.24) is 0 Å². The summed E-state index contributed by atoms with van der Waals surface area (Å²) in [7, 11) is 0. The molecule has 3 nitrogen and oxygen atoms in total. The summed E-state index contributed by atoms with van der Waals surface area (Å²) in [6.07, 6.45) is 0.305. The first-order valence-electron chi connectivity index (χ1n) is 6.05. The minimum absolute atomic E-state index is 0.0922. The van der Waals surface area contributed by atoms with Crippen LogP contribution in [0.5, 0.6) is 0 Å². The molecule has 19 heavy (non-hydrogen) atoms. The summed E-state index contributed by atoms with van der Waals surface area (Å²) in [6, 6.07) is 13.5. The van der Waals surface area contributed by atoms with E-state index in [1.807, 2.05) is 42.5 Å². The van der Waals surface area contributed by atoms with Gasteiger partial charge in [0.05, 0.1) is 0 Å². The lowest BCUT2D eigenvalue weighted by atomic mass is 10.1. The van der Waals surface area contributed by atoms with Gasteiger partial charge in [0.15, 0.2) is 0 Å². The summed E-state index contributed by atoms with van der Waals surface area (Å²) < 4.78 is 5.76. The maximum absolute atomic E-state index is 11.5. The van der Waals surface area contributed by atoms with Gasteiger partial charge in [0.1, 0.15) is 11.2 Å². The average Bonchev–Trinajstić information content (AvgIpc) is 2.76. The molecule has 0 aliphatic carbocycles. The number of alkyl halides is 1. The summed E-state index contributed by atoms with van der Waals surface area (Å²) in [5.74, 6) is 0.226. The van der Waals surface area contributed by atoms with Crippen LogP contribution in [0.15, 0.2) is 46.9 Å². The predicted octanol–water partition coefficient (Wildman–Crippen LogP) is 4.15. The number of anilines is 1. The van der Waals surface area contributed by atoms with E-state index in [1.165, 1.54) is 0 Å². The molecule has 0 bridgehead atoms. The van der Waals surface area contributed by atoms with E-state index in [0.29, 0.717) is 12.3 Å². The number of fused-ring (bicyclic) bond motifs is 3. The van der Waals surface area contributed by atoms with Crippen LogP contribution in [0.1, 0.15) is 6.42 Å². The Morgan fingerprint density at radius 1 is 1.11 bits per heavy atom. The first-order chi connectivity index (χ1) is 9.28. The predicted molar refractivity (Wildman–Crippen MR) is 77.7 cm³/mol. The number of halogens is 1. The van der Waals surface area contributed by atoms with E-state index >= 15 is 0 Å². The van der Waals surface area contributed by atoms with Gasteiger partial charge in [0, 0.05) is 34.8 Å². The summed E-state index contributed by atoms with van der Waals surface area (Å²) in [6.45, 7) is 0. The summed E-state index contributed by atoms with van der Waals surface area (Å²) in [4.78, 5) is 11.5. The molecule has 96 valence electrons. The van der Waals surface area contributed by atoms with Gasteiger partial charge in [-0.15, -0.1) is 11.6 Å². The number of hydrogen-bond acceptors (Lipinski definition) is 2. The van der Waals surface area contributed by atoms with E-state index in [-0.39, 0.29) is 5.91 Å². The van der Waals surface area contributed by atoms with Crippen LogP contribution in [-0.2, 0) is 4.79 Å². The number of amides is 1. The zero-order valence-electron chi connectivity index (χ0n) is 10.2. The Bertz CT molecular complexity index is 748. The van der Waals surface area contributed by atoms with Crippen molar-refractivity contribution in [1.29, 1.82) is 0 Å². The Morgan fingerprint density at radius 3 is 2.74 bits per heavy atom. The van der Waals surface area contributed by atoms with Crippen LogP contribution in [0.25, 0.3) is 21.9 Å². The van der Waals surface area contributed by atoms with Gasteiger partial charge in [-0.1, -0.05) is 18.2 Å². The van der Waals surface area contributed by atoms with E-state index in [1.54, 1.807) is 0 Å². The molecule has 0 aliphatic heterocycles. The molecule has 3 aromatic rings. The van der Waals surface area contributed by atoms with Gasteiger partial charge >= 0.3 is 0 Å². The van der Waals surface area contributed by atoms with Crippen molar-refractivity contribution in [2.24, 2.45) is 0 Å². The van der Waals surface area contributed by atoms with Crippen LogP contribution in [0, 0.1) is 0 Å². The molecule has 1 heterocycles. The highest BCUT2D eigenvalue weighted by molar-refractivity contribution is 6.19. The summed E-state index contributed by atoms with van der Waals surface area (Å²) in [5.41, 5.74) is 2.34. The van der Waals surface area contributed by atoms with E-state index in [0.717, 1.165) is 27.6 Å². The number of carbonyl (C=O) groups is 1. The zero-order chi connectivity index (χ0) is 13.2. The summed E-state index contributed by atoms with van der Waals surface area (Å²) >= 11 is 5.53. The Labute approximate surface area is 115 Å². The van der Waals surface area contributed by atoms with Crippen molar-refractivity contribution in [2.75, 3.05) is 11.2 Å². The smallest absolute Gasteiger partial charge is 0.225 e. The molecule has 0 saturated heterocycles. The highest BCUT2D eigenvalue weighted by atomic mass is 35.5. The molecule has 0 radical (unpaired) electrons.